The molecule has 1 aromatic carbocycles. The van der Waals surface area contributed by atoms with E-state index in [-0.39, 0.29) is 0 Å². The molecule has 0 aliphatic carbocycles. The lowest BCUT2D eigenvalue weighted by Crippen LogP contribution is -2.19. The van der Waals surface area contributed by atoms with Crippen molar-refractivity contribution in [3.8, 4) is 0 Å². The minimum atomic E-state index is -0.686. The lowest BCUT2D eigenvalue weighted by Gasteiger charge is -2.08. The van der Waals surface area contributed by atoms with Gasteiger partial charge in [0.2, 0.25) is 0 Å². The Balaban J connectivity index is 3.17. The Morgan fingerprint density at radius 2 is 2.08 bits per heavy atom. The Hall–Kier alpha value is -0.930. The second-order valence-electron chi connectivity index (χ2n) is 2.54. The van der Waals surface area contributed by atoms with Crippen molar-refractivity contribution < 1.29 is 4.79 Å². The fraction of sp³-hybridized carbons (Fsp3) is 0.125. The van der Waals surface area contributed by atoms with Gasteiger partial charge in [-0.1, -0.05) is 29.3 Å². The summed E-state index contributed by atoms with van der Waals surface area (Å²) < 4.78 is 0. The number of halogens is 2. The van der Waals surface area contributed by atoms with Crippen molar-refractivity contribution in [2.75, 3.05) is 5.32 Å². The van der Waals surface area contributed by atoms with Gasteiger partial charge in [0.15, 0.2) is 0 Å². The molecule has 0 aromatic heterocycles. The van der Waals surface area contributed by atoms with Gasteiger partial charge in [0.25, 0.3) is 0 Å². The summed E-state index contributed by atoms with van der Waals surface area (Å²) in [5.74, 6) is 0. The molecule has 0 atom stereocenters. The molecule has 0 bridgehead atoms. The van der Waals surface area contributed by atoms with E-state index in [0.29, 0.717) is 15.7 Å². The second kappa shape index (κ2) is 3.85. The highest BCUT2D eigenvalue weighted by Gasteiger charge is 2.09. The van der Waals surface area contributed by atoms with Crippen molar-refractivity contribution >= 4 is 34.9 Å². The fourth-order valence-electron chi connectivity index (χ4n) is 0.894. The molecule has 0 unspecified atom stereocenters. The highest BCUT2D eigenvalue weighted by atomic mass is 35.5. The fourth-order valence-corrected chi connectivity index (χ4v) is 1.36. The summed E-state index contributed by atoms with van der Waals surface area (Å²) in [5, 5.41) is 3.14. The van der Waals surface area contributed by atoms with Gasteiger partial charge in [-0.2, -0.15) is 0 Å². The zero-order chi connectivity index (χ0) is 10.0. The molecule has 13 heavy (non-hydrogen) atoms. The van der Waals surface area contributed by atoms with Crippen LogP contribution in [0, 0.1) is 6.92 Å². The van der Waals surface area contributed by atoms with E-state index in [9.17, 15) is 4.79 Å². The summed E-state index contributed by atoms with van der Waals surface area (Å²) in [6, 6.07) is 2.72. The van der Waals surface area contributed by atoms with Crippen LogP contribution in [0.4, 0.5) is 10.5 Å². The Labute approximate surface area is 85.8 Å². The smallest absolute Gasteiger partial charge is 0.316 e. The normalized spacial score (nSPS) is 9.77. The standard InChI is InChI=1S/C8H8Cl2N2O/c1-4-2-3-5(9)7(6(4)10)12-8(11)13/h2-3H,1H3,(H3,11,12,13). The van der Waals surface area contributed by atoms with E-state index in [1.165, 1.54) is 0 Å². The molecule has 0 aliphatic rings. The quantitative estimate of drug-likeness (QED) is 0.749. The molecular formula is C8H8Cl2N2O. The van der Waals surface area contributed by atoms with Crippen LogP contribution in [0.15, 0.2) is 12.1 Å². The van der Waals surface area contributed by atoms with Crippen molar-refractivity contribution in [2.24, 2.45) is 5.73 Å². The lowest BCUT2D eigenvalue weighted by atomic mass is 10.2. The number of benzene rings is 1. The third-order valence-corrected chi connectivity index (χ3v) is 2.33. The number of urea groups is 1. The predicted octanol–water partition coefficient (Wildman–Crippen LogP) is 2.79. The Bertz CT molecular complexity index is 352. The number of primary amides is 1. The third-order valence-electron chi connectivity index (χ3n) is 1.53. The number of nitrogens with two attached hydrogens (primary N) is 1. The average Bonchev–Trinajstić information content (AvgIpc) is 2.05. The number of rotatable bonds is 1. The van der Waals surface area contributed by atoms with Crippen molar-refractivity contribution in [1.29, 1.82) is 0 Å². The van der Waals surface area contributed by atoms with Gasteiger partial charge < -0.3 is 11.1 Å². The average molecular weight is 219 g/mol. The lowest BCUT2D eigenvalue weighted by molar-refractivity contribution is 0.259. The Kier molecular flexibility index (Phi) is 3.01. The molecule has 1 aromatic rings. The topological polar surface area (TPSA) is 55.1 Å². The van der Waals surface area contributed by atoms with E-state index >= 15 is 0 Å². The molecular weight excluding hydrogens is 211 g/mol. The Morgan fingerprint density at radius 3 is 2.62 bits per heavy atom. The molecule has 5 heteroatoms. The van der Waals surface area contributed by atoms with E-state index in [1.54, 1.807) is 12.1 Å². The number of hydrogen-bond acceptors (Lipinski definition) is 1. The molecule has 0 heterocycles. The molecule has 0 radical (unpaired) electrons. The van der Waals surface area contributed by atoms with E-state index in [0.717, 1.165) is 5.56 Å². The van der Waals surface area contributed by atoms with Crippen molar-refractivity contribution in [3.63, 3.8) is 0 Å². The minimum Gasteiger partial charge on any atom is -0.351 e. The number of anilines is 1. The summed E-state index contributed by atoms with van der Waals surface area (Å²) in [5.41, 5.74) is 6.13. The number of nitrogens with one attached hydrogen (secondary N) is 1. The van der Waals surface area contributed by atoms with Crippen molar-refractivity contribution in [2.45, 2.75) is 6.92 Å². The maximum atomic E-state index is 10.6. The van der Waals surface area contributed by atoms with Gasteiger partial charge in [-0.15, -0.1) is 0 Å². The van der Waals surface area contributed by atoms with Crippen LogP contribution >= 0.6 is 23.2 Å². The highest BCUT2D eigenvalue weighted by molar-refractivity contribution is 6.40. The molecule has 70 valence electrons. The molecule has 3 N–H and O–H groups in total. The molecule has 0 fully saturated rings. The van der Waals surface area contributed by atoms with Crippen LogP contribution in [0.2, 0.25) is 10.0 Å². The van der Waals surface area contributed by atoms with Crippen LogP contribution in [-0.2, 0) is 0 Å². The molecule has 0 saturated heterocycles. The van der Waals surface area contributed by atoms with Crippen LogP contribution in [-0.4, -0.2) is 6.03 Å². The molecule has 0 saturated carbocycles. The van der Waals surface area contributed by atoms with E-state index in [2.05, 4.69) is 5.32 Å². The highest BCUT2D eigenvalue weighted by Crippen LogP contribution is 2.32. The molecule has 0 aliphatic heterocycles. The van der Waals surface area contributed by atoms with Crippen LogP contribution in [0.3, 0.4) is 0 Å². The number of carbonyl (C=O) groups is 1. The first-order chi connectivity index (χ1) is 6.02. The number of amides is 2. The summed E-state index contributed by atoms with van der Waals surface area (Å²) in [4.78, 5) is 10.6. The van der Waals surface area contributed by atoms with Crippen molar-refractivity contribution in [1.82, 2.24) is 0 Å². The molecule has 1 rings (SSSR count). The zero-order valence-corrected chi connectivity index (χ0v) is 8.41. The largest absolute Gasteiger partial charge is 0.351 e. The summed E-state index contributed by atoms with van der Waals surface area (Å²) in [6.07, 6.45) is 0. The SMILES string of the molecule is Cc1ccc(Cl)c(NC(N)=O)c1Cl. The maximum absolute atomic E-state index is 10.6. The van der Waals surface area contributed by atoms with Crippen molar-refractivity contribution in [3.05, 3.63) is 27.7 Å². The van der Waals surface area contributed by atoms with Gasteiger partial charge in [-0.3, -0.25) is 0 Å². The van der Waals surface area contributed by atoms with Gasteiger partial charge in [-0.25, -0.2) is 4.79 Å². The summed E-state index contributed by atoms with van der Waals surface area (Å²) >= 11 is 11.7. The van der Waals surface area contributed by atoms with Gasteiger partial charge in [-0.05, 0) is 18.6 Å². The zero-order valence-electron chi connectivity index (χ0n) is 6.90. The Morgan fingerprint density at radius 1 is 1.46 bits per heavy atom. The molecule has 0 spiro atoms. The monoisotopic (exact) mass is 218 g/mol. The molecule has 3 nitrogen and oxygen atoms in total. The van der Waals surface area contributed by atoms with Gasteiger partial charge >= 0.3 is 6.03 Å². The van der Waals surface area contributed by atoms with E-state index < -0.39 is 6.03 Å². The van der Waals surface area contributed by atoms with Crippen LogP contribution in [0.5, 0.6) is 0 Å². The van der Waals surface area contributed by atoms with E-state index in [1.807, 2.05) is 6.92 Å². The minimum absolute atomic E-state index is 0.357. The number of carbonyl (C=O) groups excluding carboxylic acids is 1. The van der Waals surface area contributed by atoms with Crippen LogP contribution in [0.25, 0.3) is 0 Å². The first kappa shape index (κ1) is 10.2. The predicted molar refractivity (Wildman–Crippen MR) is 54.4 cm³/mol. The first-order valence-electron chi connectivity index (χ1n) is 3.53. The molecule has 2 amide bonds. The summed E-state index contributed by atoms with van der Waals surface area (Å²) in [7, 11) is 0. The third kappa shape index (κ3) is 2.26. The number of aryl methyl sites for hydroxylation is 1. The second-order valence-corrected chi connectivity index (χ2v) is 3.33. The van der Waals surface area contributed by atoms with Gasteiger partial charge in [0, 0.05) is 0 Å². The van der Waals surface area contributed by atoms with Crippen LogP contribution in [0.1, 0.15) is 5.56 Å². The maximum Gasteiger partial charge on any atom is 0.316 e. The van der Waals surface area contributed by atoms with Gasteiger partial charge in [0.1, 0.15) is 0 Å². The summed E-state index contributed by atoms with van der Waals surface area (Å²) in [6.45, 7) is 1.81. The first-order valence-corrected chi connectivity index (χ1v) is 4.29. The number of hydrogen-bond donors (Lipinski definition) is 2. The van der Waals surface area contributed by atoms with Crippen LogP contribution < -0.4 is 11.1 Å². The van der Waals surface area contributed by atoms with Gasteiger partial charge in [0.05, 0.1) is 15.7 Å². The van der Waals surface area contributed by atoms with E-state index in [4.69, 9.17) is 28.9 Å².